The van der Waals surface area contributed by atoms with Gasteiger partial charge in [-0.1, -0.05) is 38.1 Å². The number of aromatic nitrogens is 2. The summed E-state index contributed by atoms with van der Waals surface area (Å²) in [6.07, 6.45) is 0. The summed E-state index contributed by atoms with van der Waals surface area (Å²) in [6.45, 7) is 9.84. The molecule has 1 heterocycles. The van der Waals surface area contributed by atoms with E-state index in [1.165, 1.54) is 10.1 Å². The number of hydrogen-bond donors (Lipinski definition) is 2. The van der Waals surface area contributed by atoms with E-state index in [0.717, 1.165) is 25.2 Å². The lowest BCUT2D eigenvalue weighted by Gasteiger charge is -2.18. The molecule has 0 aliphatic rings. The fourth-order valence-corrected chi connectivity index (χ4v) is 3.49. The summed E-state index contributed by atoms with van der Waals surface area (Å²) in [7, 11) is 0. The number of nitrogens with zero attached hydrogens (tertiary/aromatic N) is 2. The number of carbonyl (C=O) groups excluding carboxylic acids is 1. The molecule has 0 saturated carbocycles. The van der Waals surface area contributed by atoms with Crippen molar-refractivity contribution in [3.05, 3.63) is 79.9 Å². The Kier molecular flexibility index (Phi) is 6.84. The van der Waals surface area contributed by atoms with Gasteiger partial charge in [0.15, 0.2) is 0 Å². The number of carbonyl (C=O) groups is 1. The Morgan fingerprint density at radius 2 is 1.67 bits per heavy atom. The quantitative estimate of drug-likeness (QED) is 0.561. The van der Waals surface area contributed by atoms with Crippen molar-refractivity contribution in [2.45, 2.75) is 40.4 Å². The largest absolute Gasteiger partial charge is 0.348 e. The lowest BCUT2D eigenvalue weighted by molar-refractivity contribution is 0.0951. The van der Waals surface area contributed by atoms with Crippen molar-refractivity contribution >= 4 is 16.9 Å². The second kappa shape index (κ2) is 9.54. The van der Waals surface area contributed by atoms with Crippen LogP contribution < -0.4 is 16.4 Å². The van der Waals surface area contributed by atoms with E-state index in [0.29, 0.717) is 29.7 Å². The highest BCUT2D eigenvalue weighted by atomic mass is 16.2. The molecule has 0 aliphatic heterocycles. The van der Waals surface area contributed by atoms with E-state index in [-0.39, 0.29) is 5.91 Å². The van der Waals surface area contributed by atoms with Crippen molar-refractivity contribution in [2.75, 3.05) is 13.1 Å². The molecule has 7 nitrogen and oxygen atoms in total. The molecule has 0 saturated heterocycles. The first-order chi connectivity index (χ1) is 14.5. The second-order valence-corrected chi connectivity index (χ2v) is 7.20. The molecule has 2 aromatic carbocycles. The normalized spacial score (nSPS) is 11.2. The highest BCUT2D eigenvalue weighted by molar-refractivity contribution is 5.97. The van der Waals surface area contributed by atoms with Crippen LogP contribution in [0.2, 0.25) is 0 Å². The SMILES string of the molecule is CCN(CC)Cc1ccc(CNC(=O)c2ccc3c(c2)[nH]c(=O)c(=O)n3CC)cc1. The maximum atomic E-state index is 12.6. The molecule has 1 amide bonds. The number of fused-ring (bicyclic) bond motifs is 1. The van der Waals surface area contributed by atoms with Crippen molar-refractivity contribution in [1.29, 1.82) is 0 Å². The predicted molar refractivity (Wildman–Crippen MR) is 119 cm³/mol. The molecule has 0 fully saturated rings. The minimum absolute atomic E-state index is 0.237. The predicted octanol–water partition coefficient (Wildman–Crippen LogP) is 2.48. The molecule has 30 heavy (non-hydrogen) atoms. The molecule has 2 N–H and O–H groups in total. The summed E-state index contributed by atoms with van der Waals surface area (Å²) < 4.78 is 1.40. The molecule has 7 heteroatoms. The summed E-state index contributed by atoms with van der Waals surface area (Å²) >= 11 is 0. The number of rotatable bonds is 8. The Bertz CT molecular complexity index is 1140. The summed E-state index contributed by atoms with van der Waals surface area (Å²) in [5.41, 5.74) is 2.48. The van der Waals surface area contributed by atoms with E-state index < -0.39 is 11.1 Å². The van der Waals surface area contributed by atoms with E-state index in [1.807, 2.05) is 12.1 Å². The van der Waals surface area contributed by atoms with Gasteiger partial charge in [0, 0.05) is 25.2 Å². The van der Waals surface area contributed by atoms with Crippen LogP contribution in [0.15, 0.2) is 52.1 Å². The van der Waals surface area contributed by atoms with E-state index in [1.54, 1.807) is 25.1 Å². The topological polar surface area (TPSA) is 87.2 Å². The van der Waals surface area contributed by atoms with Crippen LogP contribution in [0.25, 0.3) is 11.0 Å². The molecule has 0 atom stereocenters. The Hall–Kier alpha value is -3.19. The van der Waals surface area contributed by atoms with Crippen LogP contribution in [0.4, 0.5) is 0 Å². The molecule has 0 bridgehead atoms. The Labute approximate surface area is 175 Å². The molecule has 0 radical (unpaired) electrons. The van der Waals surface area contributed by atoms with Gasteiger partial charge in [-0.2, -0.15) is 0 Å². The number of aryl methyl sites for hydroxylation is 1. The lowest BCUT2D eigenvalue weighted by Crippen LogP contribution is -2.36. The van der Waals surface area contributed by atoms with Crippen molar-refractivity contribution in [2.24, 2.45) is 0 Å². The maximum Gasteiger partial charge on any atom is 0.316 e. The van der Waals surface area contributed by atoms with Crippen molar-refractivity contribution in [1.82, 2.24) is 19.8 Å². The summed E-state index contributed by atoms with van der Waals surface area (Å²) in [5, 5.41) is 2.91. The number of benzene rings is 2. The standard InChI is InChI=1S/C23H28N4O3/c1-4-26(5-2)15-17-9-7-16(8-10-17)14-24-21(28)18-11-12-20-19(13-18)25-22(29)23(30)27(20)6-3/h7-13H,4-6,14-15H2,1-3H3,(H,24,28)(H,25,29). The second-order valence-electron chi connectivity index (χ2n) is 7.20. The van der Waals surface area contributed by atoms with Gasteiger partial charge < -0.3 is 14.9 Å². The van der Waals surface area contributed by atoms with E-state index in [9.17, 15) is 14.4 Å². The zero-order valence-electron chi connectivity index (χ0n) is 17.7. The molecule has 3 aromatic rings. The van der Waals surface area contributed by atoms with Crippen LogP contribution in [0.1, 0.15) is 42.3 Å². The fourth-order valence-electron chi connectivity index (χ4n) is 3.49. The van der Waals surface area contributed by atoms with Crippen LogP contribution in [0, 0.1) is 0 Å². The first-order valence-corrected chi connectivity index (χ1v) is 10.3. The first kappa shape index (κ1) is 21.5. The maximum absolute atomic E-state index is 12.6. The van der Waals surface area contributed by atoms with Crippen LogP contribution in [-0.2, 0) is 19.6 Å². The van der Waals surface area contributed by atoms with Gasteiger partial charge in [0.2, 0.25) is 0 Å². The lowest BCUT2D eigenvalue weighted by atomic mass is 10.1. The highest BCUT2D eigenvalue weighted by Gasteiger charge is 2.11. The number of H-pyrrole nitrogens is 1. The smallest absolute Gasteiger partial charge is 0.316 e. The average Bonchev–Trinajstić information content (AvgIpc) is 2.77. The third-order valence-corrected chi connectivity index (χ3v) is 5.33. The van der Waals surface area contributed by atoms with Crippen molar-refractivity contribution in [3.8, 4) is 0 Å². The molecule has 1 aromatic heterocycles. The summed E-state index contributed by atoms with van der Waals surface area (Å²) in [6, 6.07) is 13.2. The van der Waals surface area contributed by atoms with Crippen LogP contribution >= 0.6 is 0 Å². The van der Waals surface area contributed by atoms with Gasteiger partial charge in [0.05, 0.1) is 11.0 Å². The molecule has 0 aliphatic carbocycles. The minimum Gasteiger partial charge on any atom is -0.348 e. The van der Waals surface area contributed by atoms with Gasteiger partial charge in [0.1, 0.15) is 0 Å². The summed E-state index contributed by atoms with van der Waals surface area (Å²) in [5.74, 6) is -0.237. The average molecular weight is 409 g/mol. The number of nitrogens with one attached hydrogen (secondary N) is 2. The molecule has 158 valence electrons. The van der Waals surface area contributed by atoms with Gasteiger partial charge in [-0.15, -0.1) is 0 Å². The molecule has 0 unspecified atom stereocenters. The highest BCUT2D eigenvalue weighted by Crippen LogP contribution is 2.12. The Balaban J connectivity index is 1.70. The zero-order chi connectivity index (χ0) is 21.7. The van der Waals surface area contributed by atoms with Crippen LogP contribution in [-0.4, -0.2) is 33.4 Å². The van der Waals surface area contributed by atoms with Crippen LogP contribution in [0.5, 0.6) is 0 Å². The minimum atomic E-state index is -0.688. The third kappa shape index (κ3) is 4.68. The van der Waals surface area contributed by atoms with Gasteiger partial charge in [-0.3, -0.25) is 19.3 Å². The fraction of sp³-hybridized carbons (Fsp3) is 0.348. The van der Waals surface area contributed by atoms with Gasteiger partial charge in [0.25, 0.3) is 5.91 Å². The van der Waals surface area contributed by atoms with E-state index in [4.69, 9.17) is 0 Å². The number of amides is 1. The molecular weight excluding hydrogens is 380 g/mol. The monoisotopic (exact) mass is 408 g/mol. The number of hydrogen-bond acceptors (Lipinski definition) is 4. The summed E-state index contributed by atoms with van der Waals surface area (Å²) in [4.78, 5) is 41.3. The Morgan fingerprint density at radius 1 is 1.00 bits per heavy atom. The first-order valence-electron chi connectivity index (χ1n) is 10.3. The van der Waals surface area contributed by atoms with Gasteiger partial charge >= 0.3 is 11.1 Å². The van der Waals surface area contributed by atoms with Crippen molar-refractivity contribution < 1.29 is 4.79 Å². The zero-order valence-corrected chi connectivity index (χ0v) is 17.7. The van der Waals surface area contributed by atoms with Gasteiger partial charge in [-0.25, -0.2) is 0 Å². The third-order valence-electron chi connectivity index (χ3n) is 5.33. The van der Waals surface area contributed by atoms with Crippen molar-refractivity contribution in [3.63, 3.8) is 0 Å². The molecule has 0 spiro atoms. The molecule has 3 rings (SSSR count). The Morgan fingerprint density at radius 3 is 2.30 bits per heavy atom. The van der Waals surface area contributed by atoms with Gasteiger partial charge in [-0.05, 0) is 49.3 Å². The van der Waals surface area contributed by atoms with E-state index in [2.05, 4.69) is 41.2 Å². The van der Waals surface area contributed by atoms with Crippen LogP contribution in [0.3, 0.4) is 0 Å². The molecular formula is C23H28N4O3. The number of aromatic amines is 1. The van der Waals surface area contributed by atoms with E-state index >= 15 is 0 Å².